The van der Waals surface area contributed by atoms with Gasteiger partial charge in [-0.25, -0.2) is 0 Å². The van der Waals surface area contributed by atoms with E-state index in [1.54, 1.807) is 7.11 Å². The Labute approximate surface area is 166 Å². The predicted molar refractivity (Wildman–Crippen MR) is 109 cm³/mol. The lowest BCUT2D eigenvalue weighted by Gasteiger charge is -2.20. The van der Waals surface area contributed by atoms with Crippen LogP contribution in [-0.4, -0.2) is 50.1 Å². The summed E-state index contributed by atoms with van der Waals surface area (Å²) < 4.78 is 5.04. The van der Waals surface area contributed by atoms with Gasteiger partial charge in [-0.05, 0) is 36.6 Å². The second kappa shape index (κ2) is 9.02. The molecule has 1 fully saturated rings. The second-order valence-electron chi connectivity index (χ2n) is 7.38. The van der Waals surface area contributed by atoms with Crippen LogP contribution >= 0.6 is 0 Å². The first-order valence-electron chi connectivity index (χ1n) is 9.70. The van der Waals surface area contributed by atoms with Gasteiger partial charge in [0.1, 0.15) is 0 Å². The number of nitrogens with one attached hydrogen (secondary N) is 1. The topological polar surface area (TPSA) is 58.6 Å². The molecule has 0 saturated carbocycles. The third kappa shape index (κ3) is 4.25. The normalized spacial score (nSPS) is 18.9. The van der Waals surface area contributed by atoms with Crippen LogP contribution in [0.1, 0.15) is 33.0 Å². The zero-order valence-corrected chi connectivity index (χ0v) is 16.8. The number of hydrogen-bond acceptors (Lipinski definition) is 3. The molecule has 1 aliphatic heterocycles. The van der Waals surface area contributed by atoms with Crippen LogP contribution in [0.4, 0.5) is 0 Å². The number of rotatable bonds is 6. The maximum absolute atomic E-state index is 13.1. The minimum atomic E-state index is -0.272. The van der Waals surface area contributed by atoms with E-state index in [-0.39, 0.29) is 23.7 Å². The molecule has 0 bridgehead atoms. The Balaban J connectivity index is 1.86. The van der Waals surface area contributed by atoms with Gasteiger partial charge < -0.3 is 15.0 Å². The molecule has 1 saturated heterocycles. The number of hydrogen-bond donors (Lipinski definition) is 1. The molecule has 2 atom stereocenters. The number of ether oxygens (including phenoxy) is 1. The van der Waals surface area contributed by atoms with Crippen molar-refractivity contribution in [2.45, 2.75) is 19.8 Å². The van der Waals surface area contributed by atoms with E-state index in [9.17, 15) is 9.59 Å². The smallest absolute Gasteiger partial charge is 0.254 e. The van der Waals surface area contributed by atoms with Crippen LogP contribution in [0, 0.1) is 19.8 Å². The lowest BCUT2D eigenvalue weighted by atomic mass is 9.86. The van der Waals surface area contributed by atoms with Crippen molar-refractivity contribution in [3.8, 4) is 0 Å². The number of nitrogens with zero attached hydrogens (tertiary/aromatic N) is 1. The molecule has 0 aromatic heterocycles. The third-order valence-corrected chi connectivity index (χ3v) is 5.51. The second-order valence-corrected chi connectivity index (χ2v) is 7.38. The molecule has 3 rings (SSSR count). The molecule has 1 heterocycles. The molecule has 0 radical (unpaired) electrons. The fourth-order valence-electron chi connectivity index (χ4n) is 3.94. The first-order chi connectivity index (χ1) is 13.5. The SMILES string of the molecule is COCCNC(=O)[C@@H]1CN(C(=O)c2ccccc2C)C[C@@H]1c1ccccc1C. The monoisotopic (exact) mass is 380 g/mol. The molecule has 2 aromatic carbocycles. The van der Waals surface area contributed by atoms with Crippen molar-refractivity contribution in [1.29, 1.82) is 0 Å². The molecule has 28 heavy (non-hydrogen) atoms. The number of carbonyl (C=O) groups is 2. The van der Waals surface area contributed by atoms with Crippen molar-refractivity contribution >= 4 is 11.8 Å². The maximum Gasteiger partial charge on any atom is 0.254 e. The highest BCUT2D eigenvalue weighted by molar-refractivity contribution is 5.96. The van der Waals surface area contributed by atoms with Gasteiger partial charge in [0, 0.05) is 38.2 Å². The number of amides is 2. The molecule has 1 N–H and O–H groups in total. The minimum absolute atomic E-state index is 0.0103. The summed E-state index contributed by atoms with van der Waals surface area (Å²) in [5.74, 6) is -0.322. The number of methoxy groups -OCH3 is 1. The fourth-order valence-corrected chi connectivity index (χ4v) is 3.94. The van der Waals surface area contributed by atoms with Crippen LogP contribution in [0.25, 0.3) is 0 Å². The van der Waals surface area contributed by atoms with E-state index in [1.165, 1.54) is 0 Å². The molecule has 0 aliphatic carbocycles. The summed E-state index contributed by atoms with van der Waals surface area (Å²) in [6.45, 7) is 5.90. The average Bonchev–Trinajstić information content (AvgIpc) is 3.13. The van der Waals surface area contributed by atoms with Gasteiger partial charge in [-0.15, -0.1) is 0 Å². The average molecular weight is 380 g/mol. The van der Waals surface area contributed by atoms with Gasteiger partial charge in [0.15, 0.2) is 0 Å². The zero-order chi connectivity index (χ0) is 20.1. The molecule has 2 amide bonds. The lowest BCUT2D eigenvalue weighted by molar-refractivity contribution is -0.125. The van der Waals surface area contributed by atoms with Crippen molar-refractivity contribution in [2.75, 3.05) is 33.4 Å². The van der Waals surface area contributed by atoms with E-state index in [0.717, 1.165) is 16.7 Å². The van der Waals surface area contributed by atoms with Gasteiger partial charge in [-0.3, -0.25) is 9.59 Å². The summed E-state index contributed by atoms with van der Waals surface area (Å²) in [5.41, 5.74) is 3.93. The van der Waals surface area contributed by atoms with Gasteiger partial charge in [0.2, 0.25) is 5.91 Å². The molecular weight excluding hydrogens is 352 g/mol. The molecule has 0 unspecified atom stereocenters. The van der Waals surface area contributed by atoms with Gasteiger partial charge in [-0.1, -0.05) is 42.5 Å². The Kier molecular flexibility index (Phi) is 6.47. The summed E-state index contributed by atoms with van der Waals surface area (Å²) in [7, 11) is 1.61. The molecule has 2 aromatic rings. The standard InChI is InChI=1S/C23H28N2O3/c1-16-8-4-6-10-18(16)20-14-25(15-21(20)22(26)24-12-13-28-3)23(27)19-11-7-5-9-17(19)2/h4-11,20-21H,12-15H2,1-3H3,(H,24,26)/t20-,21-/m1/s1. The highest BCUT2D eigenvalue weighted by atomic mass is 16.5. The van der Waals surface area contributed by atoms with E-state index >= 15 is 0 Å². The first kappa shape index (κ1) is 20.1. The Morgan fingerprint density at radius 3 is 2.39 bits per heavy atom. The van der Waals surface area contributed by atoms with E-state index in [2.05, 4.69) is 24.4 Å². The maximum atomic E-state index is 13.1. The molecule has 1 aliphatic rings. The molecular formula is C23H28N2O3. The number of benzene rings is 2. The van der Waals surface area contributed by atoms with Gasteiger partial charge >= 0.3 is 0 Å². The van der Waals surface area contributed by atoms with E-state index in [0.29, 0.717) is 31.8 Å². The highest BCUT2D eigenvalue weighted by Crippen LogP contribution is 2.35. The van der Waals surface area contributed by atoms with Crippen LogP contribution in [0.5, 0.6) is 0 Å². The summed E-state index contributed by atoms with van der Waals surface area (Å²) in [4.78, 5) is 27.8. The Hall–Kier alpha value is -2.66. The van der Waals surface area contributed by atoms with Gasteiger partial charge in [0.05, 0.1) is 12.5 Å². The Bertz CT molecular complexity index is 849. The lowest BCUT2D eigenvalue weighted by Crippen LogP contribution is -2.37. The quantitative estimate of drug-likeness (QED) is 0.784. The third-order valence-electron chi connectivity index (χ3n) is 5.51. The Morgan fingerprint density at radius 2 is 1.71 bits per heavy atom. The highest BCUT2D eigenvalue weighted by Gasteiger charge is 2.41. The van der Waals surface area contributed by atoms with E-state index < -0.39 is 0 Å². The van der Waals surface area contributed by atoms with Crippen LogP contribution in [0.3, 0.4) is 0 Å². The number of carbonyl (C=O) groups excluding carboxylic acids is 2. The van der Waals surface area contributed by atoms with Crippen LogP contribution < -0.4 is 5.32 Å². The summed E-state index contributed by atoms with van der Waals surface area (Å²) in [5, 5.41) is 2.95. The van der Waals surface area contributed by atoms with E-state index in [1.807, 2.05) is 48.2 Å². The molecule has 148 valence electrons. The molecule has 0 spiro atoms. The summed E-state index contributed by atoms with van der Waals surface area (Å²) in [6.07, 6.45) is 0. The van der Waals surface area contributed by atoms with Crippen molar-refractivity contribution in [3.05, 3.63) is 70.8 Å². The van der Waals surface area contributed by atoms with Crippen LogP contribution in [-0.2, 0) is 9.53 Å². The number of likely N-dealkylation sites (tertiary alicyclic amines) is 1. The summed E-state index contributed by atoms with van der Waals surface area (Å²) in [6, 6.07) is 15.7. The van der Waals surface area contributed by atoms with Crippen molar-refractivity contribution in [1.82, 2.24) is 10.2 Å². The largest absolute Gasteiger partial charge is 0.383 e. The fraction of sp³-hybridized carbons (Fsp3) is 0.391. The van der Waals surface area contributed by atoms with Crippen molar-refractivity contribution in [2.24, 2.45) is 5.92 Å². The van der Waals surface area contributed by atoms with Crippen molar-refractivity contribution < 1.29 is 14.3 Å². The van der Waals surface area contributed by atoms with Gasteiger partial charge in [0.25, 0.3) is 5.91 Å². The minimum Gasteiger partial charge on any atom is -0.383 e. The predicted octanol–water partition coefficient (Wildman–Crippen LogP) is 2.92. The Morgan fingerprint density at radius 1 is 1.04 bits per heavy atom. The van der Waals surface area contributed by atoms with Crippen molar-refractivity contribution in [3.63, 3.8) is 0 Å². The van der Waals surface area contributed by atoms with Gasteiger partial charge in [-0.2, -0.15) is 0 Å². The van der Waals surface area contributed by atoms with Crippen LogP contribution in [0.15, 0.2) is 48.5 Å². The number of aryl methyl sites for hydroxylation is 2. The van der Waals surface area contributed by atoms with E-state index in [4.69, 9.17) is 4.74 Å². The summed E-state index contributed by atoms with van der Waals surface area (Å²) >= 11 is 0. The molecule has 5 heteroatoms. The van der Waals surface area contributed by atoms with Crippen LogP contribution in [0.2, 0.25) is 0 Å². The zero-order valence-electron chi connectivity index (χ0n) is 16.8. The molecule has 5 nitrogen and oxygen atoms in total. The first-order valence-corrected chi connectivity index (χ1v) is 9.70.